The van der Waals surface area contributed by atoms with E-state index in [-0.39, 0.29) is 5.69 Å². The van der Waals surface area contributed by atoms with Crippen LogP contribution in [0.1, 0.15) is 18.5 Å². The number of carbonyl (C=O) groups excluding carboxylic acids is 1. The molecule has 20 heavy (non-hydrogen) atoms. The third-order valence-electron chi connectivity index (χ3n) is 2.70. The van der Waals surface area contributed by atoms with Crippen LogP contribution in [0.3, 0.4) is 0 Å². The normalized spacial score (nSPS) is 11.7. The summed E-state index contributed by atoms with van der Waals surface area (Å²) in [5.74, 6) is 0. The number of hydrogen-bond donors (Lipinski definition) is 2. The van der Waals surface area contributed by atoms with Crippen LogP contribution in [0, 0.1) is 0 Å². The molecule has 0 bridgehead atoms. The van der Waals surface area contributed by atoms with Crippen molar-refractivity contribution in [2.24, 2.45) is 4.99 Å². The maximum atomic E-state index is 11.7. The molecule has 1 unspecified atom stereocenters. The van der Waals surface area contributed by atoms with Crippen LogP contribution in [0.5, 0.6) is 0 Å². The summed E-state index contributed by atoms with van der Waals surface area (Å²) >= 11 is 0. The van der Waals surface area contributed by atoms with Gasteiger partial charge < -0.3 is 0 Å². The number of hydrogen-bond acceptors (Lipinski definition) is 5. The van der Waals surface area contributed by atoms with Crippen molar-refractivity contribution >= 4 is 6.08 Å². The fourth-order valence-corrected chi connectivity index (χ4v) is 1.74. The zero-order valence-corrected chi connectivity index (χ0v) is 10.4. The monoisotopic (exact) mass is 274 g/mol. The Bertz CT molecular complexity index is 820. The van der Waals surface area contributed by atoms with Gasteiger partial charge in [0.25, 0.3) is 0 Å². The van der Waals surface area contributed by atoms with E-state index in [1.807, 2.05) is 9.97 Å². The lowest BCUT2D eigenvalue weighted by Crippen LogP contribution is -2.42. The summed E-state index contributed by atoms with van der Waals surface area (Å²) in [6.45, 7) is 1.67. The first-order valence-electron chi connectivity index (χ1n) is 5.66. The molecule has 0 fully saturated rings. The zero-order valence-electron chi connectivity index (χ0n) is 10.4. The molecular weight excluding hydrogens is 264 g/mol. The number of nitrogens with zero attached hydrogens (tertiary/aromatic N) is 2. The van der Waals surface area contributed by atoms with Gasteiger partial charge in [-0.15, -0.1) is 0 Å². The highest BCUT2D eigenvalue weighted by atomic mass is 16.2. The van der Waals surface area contributed by atoms with Crippen LogP contribution in [-0.2, 0) is 4.79 Å². The second kappa shape index (κ2) is 5.33. The van der Waals surface area contributed by atoms with Crippen LogP contribution >= 0.6 is 0 Å². The molecule has 0 aliphatic heterocycles. The highest BCUT2D eigenvalue weighted by Crippen LogP contribution is 2.17. The summed E-state index contributed by atoms with van der Waals surface area (Å²) in [7, 11) is 0. The van der Waals surface area contributed by atoms with Gasteiger partial charge in [-0.1, -0.05) is 12.1 Å². The maximum absolute atomic E-state index is 11.7. The van der Waals surface area contributed by atoms with E-state index in [1.165, 1.54) is 18.2 Å². The van der Waals surface area contributed by atoms with Crippen LogP contribution in [-0.4, -0.2) is 20.6 Å². The minimum absolute atomic E-state index is 0.262. The first kappa shape index (κ1) is 13.4. The van der Waals surface area contributed by atoms with Crippen molar-refractivity contribution in [3.05, 3.63) is 61.3 Å². The van der Waals surface area contributed by atoms with Crippen molar-refractivity contribution in [2.45, 2.75) is 13.0 Å². The smallest absolute Gasteiger partial charge is 0.258 e. The second-order valence-electron chi connectivity index (χ2n) is 4.02. The minimum Gasteiger partial charge on any atom is -0.258 e. The summed E-state index contributed by atoms with van der Waals surface area (Å²) < 4.78 is 0.780. The average Bonchev–Trinajstić information content (AvgIpc) is 2.38. The molecule has 0 saturated heterocycles. The third kappa shape index (κ3) is 2.55. The van der Waals surface area contributed by atoms with Crippen molar-refractivity contribution < 1.29 is 4.79 Å². The molecule has 2 rings (SSSR count). The van der Waals surface area contributed by atoms with Gasteiger partial charge in [-0.3, -0.25) is 9.97 Å². The number of isocyanates is 1. The van der Waals surface area contributed by atoms with Crippen molar-refractivity contribution in [3.8, 4) is 5.69 Å². The quantitative estimate of drug-likeness (QED) is 0.585. The summed E-state index contributed by atoms with van der Waals surface area (Å²) in [4.78, 5) is 52.0. The Hall–Kier alpha value is -2.99. The van der Waals surface area contributed by atoms with Gasteiger partial charge in [0.05, 0.1) is 11.7 Å². The molecule has 8 nitrogen and oxygen atoms in total. The lowest BCUT2D eigenvalue weighted by molar-refractivity contribution is 0.559. The average molecular weight is 274 g/mol. The number of nitrogens with one attached hydrogen (secondary N) is 2. The van der Waals surface area contributed by atoms with Gasteiger partial charge in [-0.05, 0) is 24.6 Å². The van der Waals surface area contributed by atoms with E-state index in [0.29, 0.717) is 5.56 Å². The van der Waals surface area contributed by atoms with Gasteiger partial charge in [0.15, 0.2) is 0 Å². The summed E-state index contributed by atoms with van der Waals surface area (Å²) in [6.07, 6.45) is 1.45. The van der Waals surface area contributed by atoms with Gasteiger partial charge in [-0.2, -0.15) is 4.99 Å². The molecule has 0 spiro atoms. The first-order valence-corrected chi connectivity index (χ1v) is 5.66. The van der Waals surface area contributed by atoms with Crippen LogP contribution in [0.2, 0.25) is 0 Å². The van der Waals surface area contributed by atoms with E-state index in [4.69, 9.17) is 0 Å². The highest BCUT2D eigenvalue weighted by Gasteiger charge is 2.09. The molecule has 0 saturated carbocycles. The number of H-pyrrole nitrogens is 2. The molecule has 1 atom stereocenters. The molecule has 2 N–H and O–H groups in total. The molecule has 8 heteroatoms. The molecule has 0 radical (unpaired) electrons. The molecule has 0 aliphatic rings. The van der Waals surface area contributed by atoms with E-state index in [1.54, 1.807) is 19.1 Å². The number of benzene rings is 1. The summed E-state index contributed by atoms with van der Waals surface area (Å²) in [6, 6.07) is 5.90. The molecule has 1 aromatic heterocycles. The Morgan fingerprint density at radius 3 is 2.45 bits per heavy atom. The van der Waals surface area contributed by atoms with Crippen molar-refractivity contribution in [2.75, 3.05) is 0 Å². The molecule has 1 heterocycles. The standard InChI is InChI=1S/C12H10N4O4/c1-7(13-6-17)8-3-2-4-9(5-8)16-11(19)14-10(18)15-12(16)20/h2-5,7H,1H3,(H2,14,15,18,19,20). The van der Waals surface area contributed by atoms with Crippen LogP contribution in [0.4, 0.5) is 0 Å². The van der Waals surface area contributed by atoms with Gasteiger partial charge in [0, 0.05) is 0 Å². The topological polar surface area (TPSA) is 117 Å². The maximum Gasteiger partial charge on any atom is 0.338 e. The predicted octanol–water partition coefficient (Wildman–Crippen LogP) is -0.389. The first-order chi connectivity index (χ1) is 9.52. The van der Waals surface area contributed by atoms with Crippen molar-refractivity contribution in [1.82, 2.24) is 14.5 Å². The lowest BCUT2D eigenvalue weighted by atomic mass is 10.1. The van der Waals surface area contributed by atoms with Gasteiger partial charge in [0.2, 0.25) is 6.08 Å². The SMILES string of the molecule is CC(N=C=O)c1cccc(-n2c(=O)[nH]c(=O)[nH]c2=O)c1. The van der Waals surface area contributed by atoms with Crippen molar-refractivity contribution in [1.29, 1.82) is 0 Å². The summed E-state index contributed by atoms with van der Waals surface area (Å²) in [5, 5.41) is 0. The number of aromatic amines is 2. The van der Waals surface area contributed by atoms with E-state index in [9.17, 15) is 19.2 Å². The fraction of sp³-hybridized carbons (Fsp3) is 0.167. The van der Waals surface area contributed by atoms with Gasteiger partial charge >= 0.3 is 17.1 Å². The van der Waals surface area contributed by atoms with E-state index >= 15 is 0 Å². The van der Waals surface area contributed by atoms with E-state index in [0.717, 1.165) is 4.57 Å². The number of rotatable bonds is 3. The van der Waals surface area contributed by atoms with Crippen LogP contribution in [0.25, 0.3) is 5.69 Å². The van der Waals surface area contributed by atoms with Crippen molar-refractivity contribution in [3.63, 3.8) is 0 Å². The Morgan fingerprint density at radius 2 is 1.85 bits per heavy atom. The largest absolute Gasteiger partial charge is 0.338 e. The van der Waals surface area contributed by atoms with Gasteiger partial charge in [0.1, 0.15) is 0 Å². The Morgan fingerprint density at radius 1 is 1.20 bits per heavy atom. The zero-order chi connectivity index (χ0) is 14.7. The Balaban J connectivity index is 2.63. The second-order valence-corrected chi connectivity index (χ2v) is 4.02. The number of aromatic nitrogens is 3. The predicted molar refractivity (Wildman–Crippen MR) is 69.8 cm³/mol. The fourth-order valence-electron chi connectivity index (χ4n) is 1.74. The third-order valence-corrected chi connectivity index (χ3v) is 2.70. The van der Waals surface area contributed by atoms with Crippen LogP contribution in [0.15, 0.2) is 43.6 Å². The molecule has 2 aromatic rings. The summed E-state index contributed by atoms with van der Waals surface area (Å²) in [5.41, 5.74) is -1.67. The highest BCUT2D eigenvalue weighted by molar-refractivity contribution is 5.39. The number of aliphatic imine (C=N–C) groups is 1. The lowest BCUT2D eigenvalue weighted by Gasteiger charge is -2.08. The van der Waals surface area contributed by atoms with Gasteiger partial charge in [-0.25, -0.2) is 23.7 Å². The Kier molecular flexibility index (Phi) is 3.58. The van der Waals surface area contributed by atoms with Crippen LogP contribution < -0.4 is 17.1 Å². The van der Waals surface area contributed by atoms with E-state index < -0.39 is 23.1 Å². The molecule has 0 aliphatic carbocycles. The minimum atomic E-state index is -0.869. The van der Waals surface area contributed by atoms with E-state index in [2.05, 4.69) is 4.99 Å². The Labute approximate surface area is 111 Å². The molecular formula is C12H10N4O4. The molecule has 1 aromatic carbocycles. The molecule has 0 amide bonds. The molecule has 102 valence electrons.